The number of fused-ring (bicyclic) bond motifs is 1. The van der Waals surface area contributed by atoms with E-state index in [9.17, 15) is 22.8 Å². The van der Waals surface area contributed by atoms with Gasteiger partial charge in [0, 0.05) is 48.5 Å². The Kier molecular flexibility index (Phi) is 5.89. The molecule has 0 saturated carbocycles. The van der Waals surface area contributed by atoms with Gasteiger partial charge >= 0.3 is 6.18 Å². The van der Waals surface area contributed by atoms with Crippen molar-refractivity contribution in [3.8, 4) is 11.1 Å². The highest BCUT2D eigenvalue weighted by Crippen LogP contribution is 2.44. The van der Waals surface area contributed by atoms with Gasteiger partial charge < -0.3 is 11.1 Å². The fraction of sp³-hybridized carbons (Fsp3) is 0.286. The Balaban J connectivity index is 1.85. The largest absolute Gasteiger partial charge is 0.433 e. The highest BCUT2D eigenvalue weighted by molar-refractivity contribution is 7.21. The lowest BCUT2D eigenvalue weighted by Gasteiger charge is -2.12. The van der Waals surface area contributed by atoms with Gasteiger partial charge in [0.15, 0.2) is 0 Å². The highest BCUT2D eigenvalue weighted by Gasteiger charge is 2.35. The van der Waals surface area contributed by atoms with Crippen LogP contribution in [-0.2, 0) is 24.6 Å². The van der Waals surface area contributed by atoms with E-state index in [2.05, 4.69) is 20.5 Å². The van der Waals surface area contributed by atoms with Crippen molar-refractivity contribution in [3.05, 3.63) is 46.5 Å². The van der Waals surface area contributed by atoms with Gasteiger partial charge in [-0.3, -0.25) is 19.0 Å². The first-order valence-corrected chi connectivity index (χ1v) is 10.9. The number of alkyl halides is 3. The number of carbonyl (C=O) groups excluding carboxylic acids is 2. The van der Waals surface area contributed by atoms with E-state index in [1.807, 2.05) is 6.92 Å². The number of pyridine rings is 1. The van der Waals surface area contributed by atoms with Gasteiger partial charge in [-0.05, 0) is 31.5 Å². The fourth-order valence-corrected chi connectivity index (χ4v) is 4.56. The van der Waals surface area contributed by atoms with E-state index < -0.39 is 23.7 Å². The number of carbonyl (C=O) groups is 2. The van der Waals surface area contributed by atoms with Crippen molar-refractivity contribution in [2.24, 2.45) is 12.8 Å². The van der Waals surface area contributed by atoms with E-state index in [0.29, 0.717) is 22.6 Å². The van der Waals surface area contributed by atoms with Gasteiger partial charge in [-0.2, -0.15) is 23.4 Å². The maximum absolute atomic E-state index is 13.6. The molecular formula is C21H20F3N7O2S. The molecule has 0 radical (unpaired) electrons. The number of amides is 2. The molecule has 3 N–H and O–H groups in total. The summed E-state index contributed by atoms with van der Waals surface area (Å²) in [6.45, 7) is 3.83. The Morgan fingerprint density at radius 1 is 1.21 bits per heavy atom. The van der Waals surface area contributed by atoms with Crippen LogP contribution in [0.3, 0.4) is 0 Å². The van der Waals surface area contributed by atoms with Gasteiger partial charge in [0.1, 0.15) is 15.4 Å². The summed E-state index contributed by atoms with van der Waals surface area (Å²) in [5.41, 5.74) is 6.44. The Bertz CT molecular complexity index is 1420. The molecule has 0 aliphatic rings. The molecule has 13 heteroatoms. The van der Waals surface area contributed by atoms with Gasteiger partial charge in [0.25, 0.3) is 5.91 Å². The van der Waals surface area contributed by atoms with E-state index in [0.717, 1.165) is 11.8 Å². The van der Waals surface area contributed by atoms with E-state index in [4.69, 9.17) is 5.73 Å². The fourth-order valence-electron chi connectivity index (χ4n) is 3.55. The zero-order valence-electron chi connectivity index (χ0n) is 18.4. The summed E-state index contributed by atoms with van der Waals surface area (Å²) in [6.07, 6.45) is -1.66. The number of nitrogens with two attached hydrogens (primary N) is 1. The Morgan fingerprint density at radius 2 is 1.94 bits per heavy atom. The number of aryl methyl sites for hydroxylation is 3. The number of anilines is 1. The van der Waals surface area contributed by atoms with E-state index in [1.165, 1.54) is 10.9 Å². The molecule has 0 aromatic carbocycles. The number of thiophene rings is 1. The van der Waals surface area contributed by atoms with Crippen LogP contribution >= 0.6 is 11.3 Å². The Labute approximate surface area is 195 Å². The predicted octanol–water partition coefficient (Wildman–Crippen LogP) is 3.66. The first-order valence-electron chi connectivity index (χ1n) is 10.1. The van der Waals surface area contributed by atoms with Crippen molar-refractivity contribution in [2.45, 2.75) is 33.0 Å². The number of halogens is 3. The molecule has 4 heterocycles. The number of nitrogens with zero attached hydrogens (tertiary/aromatic N) is 5. The zero-order valence-corrected chi connectivity index (χ0v) is 19.2. The maximum atomic E-state index is 13.6. The summed E-state index contributed by atoms with van der Waals surface area (Å²) in [5.74, 6) is -1.34. The number of aromatic nitrogens is 5. The zero-order chi connectivity index (χ0) is 24.8. The molecule has 0 bridgehead atoms. The second-order valence-electron chi connectivity index (χ2n) is 7.66. The van der Waals surface area contributed by atoms with Crippen LogP contribution in [0.15, 0.2) is 24.5 Å². The number of hydrogen-bond acceptors (Lipinski definition) is 6. The average molecular weight is 491 g/mol. The van der Waals surface area contributed by atoms with Crippen LogP contribution in [-0.4, -0.2) is 36.4 Å². The predicted molar refractivity (Wildman–Crippen MR) is 120 cm³/mol. The lowest BCUT2D eigenvalue weighted by Crippen LogP contribution is -2.18. The summed E-state index contributed by atoms with van der Waals surface area (Å²) in [4.78, 5) is 28.5. The van der Waals surface area contributed by atoms with E-state index >= 15 is 0 Å². The monoisotopic (exact) mass is 491 g/mol. The van der Waals surface area contributed by atoms with E-state index in [-0.39, 0.29) is 39.3 Å². The highest BCUT2D eigenvalue weighted by atomic mass is 32.1. The third kappa shape index (κ3) is 4.25. The summed E-state index contributed by atoms with van der Waals surface area (Å²) in [6, 6.07) is 2.69. The normalized spacial score (nSPS) is 11.8. The van der Waals surface area contributed by atoms with Gasteiger partial charge in [-0.25, -0.2) is 4.98 Å². The molecule has 0 atom stereocenters. The molecule has 178 valence electrons. The minimum Gasteiger partial charge on any atom is -0.365 e. The molecule has 4 aromatic rings. The molecule has 0 unspecified atom stereocenters. The van der Waals surface area contributed by atoms with Crippen LogP contribution in [0.5, 0.6) is 0 Å². The van der Waals surface area contributed by atoms with Crippen LogP contribution in [0.25, 0.3) is 21.3 Å². The van der Waals surface area contributed by atoms with Crippen LogP contribution in [0.2, 0.25) is 0 Å². The number of primary amides is 1. The summed E-state index contributed by atoms with van der Waals surface area (Å²) in [5, 5.41) is 11.1. The van der Waals surface area contributed by atoms with Crippen LogP contribution < -0.4 is 11.1 Å². The minimum atomic E-state index is -4.72. The first-order chi connectivity index (χ1) is 16.0. The van der Waals surface area contributed by atoms with Crippen molar-refractivity contribution in [1.29, 1.82) is 0 Å². The molecule has 9 nitrogen and oxygen atoms in total. The molecule has 34 heavy (non-hydrogen) atoms. The topological polar surface area (TPSA) is 121 Å². The van der Waals surface area contributed by atoms with E-state index in [1.54, 1.807) is 30.9 Å². The molecule has 4 rings (SSSR count). The SMILES string of the molecule is Cc1c(-c2cc(C(F)(F)F)nc3sc(C(N)=O)c(NC(=O)CCn4nccc4C)c23)cnn1C. The van der Waals surface area contributed by atoms with Crippen LogP contribution in [0.1, 0.15) is 33.2 Å². The van der Waals surface area contributed by atoms with Gasteiger partial charge in [-0.15, -0.1) is 11.3 Å². The van der Waals surface area contributed by atoms with Crippen LogP contribution in [0.4, 0.5) is 18.9 Å². The third-order valence-corrected chi connectivity index (χ3v) is 6.54. The number of hydrogen-bond donors (Lipinski definition) is 2. The minimum absolute atomic E-state index is 0.0212. The molecule has 2 amide bonds. The van der Waals surface area contributed by atoms with Crippen molar-refractivity contribution < 1.29 is 22.8 Å². The lowest BCUT2D eigenvalue weighted by atomic mass is 10.0. The van der Waals surface area contributed by atoms with Crippen molar-refractivity contribution >= 4 is 39.1 Å². The molecular weight excluding hydrogens is 471 g/mol. The first kappa shape index (κ1) is 23.4. The standard InChI is InChI=1S/C21H20F3N7O2S/c1-10-4-6-26-31(10)7-5-15(32)29-17-16-12(13-9-27-30(3)11(13)2)8-14(21(22,23)24)28-20(16)34-18(17)19(25)33/h4,6,8-9H,5,7H2,1-3H3,(H2,25,33)(H,29,32). The quantitative estimate of drug-likeness (QED) is 0.427. The van der Waals surface area contributed by atoms with Crippen molar-refractivity contribution in [1.82, 2.24) is 24.5 Å². The smallest absolute Gasteiger partial charge is 0.365 e. The number of rotatable bonds is 6. The second-order valence-corrected chi connectivity index (χ2v) is 8.66. The molecule has 0 spiro atoms. The lowest BCUT2D eigenvalue weighted by molar-refractivity contribution is -0.140. The molecule has 0 fully saturated rings. The third-order valence-electron chi connectivity index (χ3n) is 5.45. The van der Waals surface area contributed by atoms with Gasteiger partial charge in [-0.1, -0.05) is 0 Å². The molecule has 0 aliphatic carbocycles. The summed E-state index contributed by atoms with van der Waals surface area (Å²) >= 11 is 0.699. The van der Waals surface area contributed by atoms with Crippen molar-refractivity contribution in [2.75, 3.05) is 5.32 Å². The summed E-state index contributed by atoms with van der Waals surface area (Å²) in [7, 11) is 1.66. The number of nitrogens with one attached hydrogen (secondary N) is 1. The Hall–Kier alpha value is -3.74. The second kappa shape index (κ2) is 8.56. The average Bonchev–Trinajstić information content (AvgIpc) is 3.43. The van der Waals surface area contributed by atoms with Crippen LogP contribution in [0, 0.1) is 13.8 Å². The van der Waals surface area contributed by atoms with Gasteiger partial charge in [0.2, 0.25) is 5.91 Å². The maximum Gasteiger partial charge on any atom is 0.433 e. The van der Waals surface area contributed by atoms with Crippen molar-refractivity contribution in [3.63, 3.8) is 0 Å². The molecule has 0 aliphatic heterocycles. The molecule has 0 saturated heterocycles. The Morgan fingerprint density at radius 3 is 2.50 bits per heavy atom. The van der Waals surface area contributed by atoms with Gasteiger partial charge in [0.05, 0.1) is 11.9 Å². The summed E-state index contributed by atoms with van der Waals surface area (Å²) < 4.78 is 44.0. The molecule has 4 aromatic heterocycles.